The zero-order valence-corrected chi connectivity index (χ0v) is 18.0. The Morgan fingerprint density at radius 2 is 1.74 bits per heavy atom. The van der Waals surface area contributed by atoms with E-state index < -0.39 is 0 Å². The predicted octanol–water partition coefficient (Wildman–Crippen LogP) is 7.43. The molecule has 0 amide bonds. The Kier molecular flexibility index (Phi) is 5.80. The molecule has 31 heavy (non-hydrogen) atoms. The van der Waals surface area contributed by atoms with Crippen LogP contribution in [0.2, 0.25) is 0 Å². The molecule has 2 aliphatic carbocycles. The third kappa shape index (κ3) is 4.54. The molecule has 0 radical (unpaired) electrons. The lowest BCUT2D eigenvalue weighted by atomic mass is 9.75. The van der Waals surface area contributed by atoms with Crippen LogP contribution in [0.1, 0.15) is 76.7 Å². The van der Waals surface area contributed by atoms with Crippen molar-refractivity contribution >= 4 is 11.9 Å². The second kappa shape index (κ2) is 9.01. The number of carbonyl (C=O) groups excluding carboxylic acids is 1. The number of hydrogen-bond acceptors (Lipinski definition) is 2. The number of Topliss-reactive ketones (excluding diaryl/α,β-unsaturated/α-hetero) is 1. The van der Waals surface area contributed by atoms with E-state index in [0.717, 1.165) is 24.0 Å². The van der Waals surface area contributed by atoms with Crippen LogP contribution >= 0.6 is 0 Å². The number of carbonyl (C=O) groups is 1. The summed E-state index contributed by atoms with van der Waals surface area (Å²) in [5, 5.41) is 0. The first kappa shape index (κ1) is 19.9. The SMILES string of the molecule is O=C(Cc1ccccc1)Cc1cccc(C2CCCC(c3nccc4c3C=CC4)C2)c1.[HH].[HH].[HH].[HH]. The summed E-state index contributed by atoms with van der Waals surface area (Å²) in [6.07, 6.45) is 13.4. The number of ketones is 1. The summed E-state index contributed by atoms with van der Waals surface area (Å²) in [4.78, 5) is 17.4. The molecule has 2 unspecified atom stereocenters. The fraction of sp³-hybridized carbons (Fsp3) is 0.310. The smallest absolute Gasteiger partial charge is 0.141 e. The maximum absolute atomic E-state index is 12.6. The highest BCUT2D eigenvalue weighted by Crippen LogP contribution is 2.42. The summed E-state index contributed by atoms with van der Waals surface area (Å²) in [5.41, 5.74) is 7.71. The summed E-state index contributed by atoms with van der Waals surface area (Å²) in [6, 6.07) is 21.0. The molecule has 1 heterocycles. The van der Waals surface area contributed by atoms with E-state index >= 15 is 0 Å². The first-order valence-electron chi connectivity index (χ1n) is 11.5. The predicted molar refractivity (Wildman–Crippen MR) is 135 cm³/mol. The Balaban J connectivity index is 0.00000153. The largest absolute Gasteiger partial charge is 0.299 e. The van der Waals surface area contributed by atoms with Crippen LogP contribution in [0.3, 0.4) is 0 Å². The standard InChI is InChI=1S/C29H29NO.4H2/c31-27(18-21-7-2-1-3-8-21)19-22-9-4-11-24(17-22)25-12-5-13-26(20-25)29-28-14-6-10-23(28)15-16-30-29;;;;/h1-4,6-9,11,14-17,25-26H,5,10,12-13,18-20H2;4*1H. The van der Waals surface area contributed by atoms with Crippen molar-refractivity contribution in [3.63, 3.8) is 0 Å². The van der Waals surface area contributed by atoms with E-state index in [4.69, 9.17) is 4.98 Å². The Morgan fingerprint density at radius 1 is 0.935 bits per heavy atom. The number of benzene rings is 2. The number of allylic oxidation sites excluding steroid dienone is 1. The maximum atomic E-state index is 12.6. The molecule has 2 heteroatoms. The summed E-state index contributed by atoms with van der Waals surface area (Å²) in [7, 11) is 0. The minimum atomic E-state index is 0. The molecule has 0 spiro atoms. The molecule has 5 rings (SSSR count). The summed E-state index contributed by atoms with van der Waals surface area (Å²) < 4.78 is 0. The first-order chi connectivity index (χ1) is 15.3. The second-order valence-corrected chi connectivity index (χ2v) is 9.06. The Morgan fingerprint density at radius 3 is 2.65 bits per heavy atom. The van der Waals surface area contributed by atoms with Crippen molar-refractivity contribution in [2.24, 2.45) is 0 Å². The highest BCUT2D eigenvalue weighted by Gasteiger charge is 2.28. The highest BCUT2D eigenvalue weighted by atomic mass is 16.1. The molecule has 2 atom stereocenters. The molecule has 0 bridgehead atoms. The molecule has 2 aliphatic rings. The van der Waals surface area contributed by atoms with Crippen molar-refractivity contribution in [3.8, 4) is 0 Å². The lowest BCUT2D eigenvalue weighted by Crippen LogP contribution is -2.15. The van der Waals surface area contributed by atoms with E-state index in [-0.39, 0.29) is 11.5 Å². The van der Waals surface area contributed by atoms with Crippen LogP contribution in [0.4, 0.5) is 0 Å². The molecule has 1 saturated carbocycles. The minimum Gasteiger partial charge on any atom is -0.299 e. The summed E-state index contributed by atoms with van der Waals surface area (Å²) in [5.74, 6) is 1.35. The Bertz CT molecular complexity index is 1120. The van der Waals surface area contributed by atoms with Crippen LogP contribution < -0.4 is 0 Å². The highest BCUT2D eigenvalue weighted by molar-refractivity contribution is 5.83. The van der Waals surface area contributed by atoms with E-state index in [1.54, 1.807) is 0 Å². The maximum Gasteiger partial charge on any atom is 0.141 e. The average molecular weight is 416 g/mol. The lowest BCUT2D eigenvalue weighted by molar-refractivity contribution is -0.117. The minimum absolute atomic E-state index is 0. The molecule has 2 nitrogen and oxygen atoms in total. The number of pyridine rings is 1. The summed E-state index contributed by atoms with van der Waals surface area (Å²) in [6.45, 7) is 0. The van der Waals surface area contributed by atoms with Gasteiger partial charge in [0.2, 0.25) is 0 Å². The van der Waals surface area contributed by atoms with Crippen LogP contribution in [-0.4, -0.2) is 10.8 Å². The van der Waals surface area contributed by atoms with Gasteiger partial charge in [0.15, 0.2) is 0 Å². The van der Waals surface area contributed by atoms with Gasteiger partial charge in [0.1, 0.15) is 5.78 Å². The number of nitrogens with zero attached hydrogens (tertiary/aromatic N) is 1. The van der Waals surface area contributed by atoms with E-state index in [9.17, 15) is 4.79 Å². The second-order valence-electron chi connectivity index (χ2n) is 9.06. The van der Waals surface area contributed by atoms with Gasteiger partial charge >= 0.3 is 0 Å². The van der Waals surface area contributed by atoms with Gasteiger partial charge in [-0.3, -0.25) is 9.78 Å². The van der Waals surface area contributed by atoms with Crippen LogP contribution in [0.25, 0.3) is 6.08 Å². The topological polar surface area (TPSA) is 30.0 Å². The zero-order chi connectivity index (χ0) is 21.0. The van der Waals surface area contributed by atoms with Crippen molar-refractivity contribution in [1.82, 2.24) is 4.98 Å². The molecule has 1 aromatic heterocycles. The van der Waals surface area contributed by atoms with Gasteiger partial charge in [-0.25, -0.2) is 0 Å². The van der Waals surface area contributed by atoms with Crippen molar-refractivity contribution in [1.29, 1.82) is 0 Å². The first-order valence-corrected chi connectivity index (χ1v) is 11.5. The number of aromatic nitrogens is 1. The van der Waals surface area contributed by atoms with Gasteiger partial charge in [-0.05, 0) is 65.5 Å². The van der Waals surface area contributed by atoms with Crippen molar-refractivity contribution in [2.45, 2.75) is 56.8 Å². The van der Waals surface area contributed by atoms with Gasteiger partial charge < -0.3 is 0 Å². The molecular weight excluding hydrogens is 378 g/mol. The number of fused-ring (bicyclic) bond motifs is 1. The van der Waals surface area contributed by atoms with Crippen LogP contribution in [0.15, 0.2) is 72.9 Å². The van der Waals surface area contributed by atoms with Gasteiger partial charge in [0, 0.05) is 30.7 Å². The van der Waals surface area contributed by atoms with E-state index in [1.807, 2.05) is 36.5 Å². The Labute approximate surface area is 191 Å². The molecule has 164 valence electrons. The van der Waals surface area contributed by atoms with Crippen molar-refractivity contribution < 1.29 is 10.5 Å². The number of hydrogen-bond donors (Lipinski definition) is 0. The van der Waals surface area contributed by atoms with Gasteiger partial charge in [0.25, 0.3) is 0 Å². The van der Waals surface area contributed by atoms with Crippen LogP contribution in [0.5, 0.6) is 0 Å². The normalized spacial score (nSPS) is 19.9. The fourth-order valence-electron chi connectivity index (χ4n) is 5.34. The van der Waals surface area contributed by atoms with Gasteiger partial charge in [-0.2, -0.15) is 0 Å². The van der Waals surface area contributed by atoms with Gasteiger partial charge in [-0.15, -0.1) is 0 Å². The average Bonchev–Trinajstić information content (AvgIpc) is 3.29. The van der Waals surface area contributed by atoms with E-state index in [0.29, 0.717) is 24.7 Å². The monoisotopic (exact) mass is 415 g/mol. The molecule has 0 N–H and O–H groups in total. The van der Waals surface area contributed by atoms with Crippen LogP contribution in [-0.2, 0) is 24.1 Å². The fourth-order valence-corrected chi connectivity index (χ4v) is 5.34. The zero-order valence-electron chi connectivity index (χ0n) is 18.0. The third-order valence-corrected chi connectivity index (χ3v) is 6.86. The molecular formula is C29H37NO. The van der Waals surface area contributed by atoms with E-state index in [2.05, 4.69) is 42.5 Å². The quantitative estimate of drug-likeness (QED) is 0.419. The number of rotatable bonds is 6. The Hall–Kier alpha value is -3.00. The molecule has 0 saturated heterocycles. The molecule has 2 aromatic carbocycles. The van der Waals surface area contributed by atoms with Crippen molar-refractivity contribution in [3.05, 3.63) is 106 Å². The third-order valence-electron chi connectivity index (χ3n) is 6.86. The molecule has 3 aromatic rings. The molecule has 1 fully saturated rings. The summed E-state index contributed by atoms with van der Waals surface area (Å²) >= 11 is 0. The van der Waals surface area contributed by atoms with Gasteiger partial charge in [-0.1, -0.05) is 73.2 Å². The van der Waals surface area contributed by atoms with Crippen molar-refractivity contribution in [2.75, 3.05) is 0 Å². The van der Waals surface area contributed by atoms with E-state index in [1.165, 1.54) is 41.6 Å². The lowest BCUT2D eigenvalue weighted by Gasteiger charge is -2.30. The molecule has 0 aliphatic heterocycles. The van der Waals surface area contributed by atoms with Crippen LogP contribution in [0, 0.1) is 0 Å². The van der Waals surface area contributed by atoms with Gasteiger partial charge in [0.05, 0.1) is 5.69 Å².